The van der Waals surface area contributed by atoms with Gasteiger partial charge in [-0.05, 0) is 90.3 Å². The largest absolute Gasteiger partial charge is 0.457 e. The molecule has 144 valence electrons. The molecule has 0 unspecified atom stereocenters. The summed E-state index contributed by atoms with van der Waals surface area (Å²) in [6.07, 6.45) is 0.474. The number of anilines is 2. The normalized spacial score (nSPS) is 11.4. The van der Waals surface area contributed by atoms with Crippen molar-refractivity contribution in [2.24, 2.45) is 0 Å². The van der Waals surface area contributed by atoms with E-state index in [2.05, 4.69) is 0 Å². The van der Waals surface area contributed by atoms with Gasteiger partial charge in [-0.2, -0.15) is 0 Å². The minimum Gasteiger partial charge on any atom is -0.457 e. The first kappa shape index (κ1) is 16.1. The zero-order chi connectivity index (χ0) is 21.8. The van der Waals surface area contributed by atoms with Crippen molar-refractivity contribution in [1.29, 1.82) is 0 Å². The van der Waals surface area contributed by atoms with E-state index in [4.69, 9.17) is 23.7 Å². The minimum atomic E-state index is 0.356. The van der Waals surface area contributed by atoms with Gasteiger partial charge >= 0.3 is 0 Å². The molecule has 0 spiro atoms. The molecule has 4 N–H and O–H groups in total. The maximum atomic E-state index is 8.34. The van der Waals surface area contributed by atoms with E-state index in [0.29, 0.717) is 52.9 Å². The molecule has 0 saturated carbocycles. The van der Waals surface area contributed by atoms with Gasteiger partial charge in [-0.15, -0.1) is 0 Å². The topological polar surface area (TPSA) is 70.5 Å². The fraction of sp³-hybridized carbons (Fsp3) is 0.0400. The van der Waals surface area contributed by atoms with Crippen LogP contribution in [0.4, 0.5) is 11.4 Å². The number of rotatable bonds is 6. The fourth-order valence-corrected chi connectivity index (χ4v) is 2.78. The summed E-state index contributed by atoms with van der Waals surface area (Å²) < 4.78 is 28.3. The van der Waals surface area contributed by atoms with Gasteiger partial charge in [0.1, 0.15) is 23.0 Å². The standard InChI is InChI=1S/C25H22N2O2/c26-20-5-13-24(14-6-20)28-22-9-1-18(2-10-22)17-19-3-11-23(12-4-19)29-25-15-7-21(27)8-16-25/h1-16H,17,26-27H2/i1D,3D. The molecular formula is C25H22N2O2. The molecule has 0 atom stereocenters. The maximum Gasteiger partial charge on any atom is 0.127 e. The lowest BCUT2D eigenvalue weighted by Crippen LogP contribution is -1.91. The monoisotopic (exact) mass is 384 g/mol. The Kier molecular flexibility index (Phi) is 4.65. The lowest BCUT2D eigenvalue weighted by Gasteiger charge is -2.09. The molecule has 0 aliphatic heterocycles. The van der Waals surface area contributed by atoms with Crippen molar-refractivity contribution >= 4 is 11.4 Å². The van der Waals surface area contributed by atoms with Crippen LogP contribution in [0.3, 0.4) is 0 Å². The van der Waals surface area contributed by atoms with Gasteiger partial charge in [0, 0.05) is 11.4 Å². The Morgan fingerprint density at radius 3 is 1.24 bits per heavy atom. The molecule has 4 rings (SSSR count). The smallest absolute Gasteiger partial charge is 0.127 e. The van der Waals surface area contributed by atoms with Gasteiger partial charge in [-0.1, -0.05) is 24.2 Å². The quantitative estimate of drug-likeness (QED) is 0.398. The van der Waals surface area contributed by atoms with Crippen LogP contribution < -0.4 is 20.9 Å². The lowest BCUT2D eigenvalue weighted by molar-refractivity contribution is 0.482. The van der Waals surface area contributed by atoms with Gasteiger partial charge in [0.15, 0.2) is 0 Å². The van der Waals surface area contributed by atoms with Crippen LogP contribution in [0, 0.1) is 0 Å². The Hall–Kier alpha value is -3.92. The van der Waals surface area contributed by atoms with E-state index >= 15 is 0 Å². The van der Waals surface area contributed by atoms with E-state index in [-0.39, 0.29) is 0 Å². The predicted molar refractivity (Wildman–Crippen MR) is 118 cm³/mol. The zero-order valence-corrected chi connectivity index (χ0v) is 15.8. The first-order valence-electron chi connectivity index (χ1n) is 10.2. The van der Waals surface area contributed by atoms with Crippen LogP contribution in [0.1, 0.15) is 13.9 Å². The number of ether oxygens (including phenoxy) is 2. The lowest BCUT2D eigenvalue weighted by atomic mass is 10.0. The van der Waals surface area contributed by atoms with Gasteiger partial charge in [-0.25, -0.2) is 0 Å². The third-order valence-electron chi connectivity index (χ3n) is 4.31. The van der Waals surface area contributed by atoms with E-state index in [0.717, 1.165) is 11.1 Å². The van der Waals surface area contributed by atoms with Crippen molar-refractivity contribution in [3.8, 4) is 23.0 Å². The highest BCUT2D eigenvalue weighted by molar-refractivity contribution is 5.44. The molecule has 4 nitrogen and oxygen atoms in total. The Bertz CT molecular complexity index is 1100. The summed E-state index contributed by atoms with van der Waals surface area (Å²) in [7, 11) is 0. The molecule has 0 fully saturated rings. The molecule has 4 heteroatoms. The van der Waals surface area contributed by atoms with Crippen LogP contribution in [-0.2, 0) is 6.42 Å². The van der Waals surface area contributed by atoms with Crippen molar-refractivity contribution < 1.29 is 12.2 Å². The first-order chi connectivity index (χ1) is 15.0. The second-order valence-electron chi connectivity index (χ2n) is 6.62. The van der Waals surface area contributed by atoms with Gasteiger partial charge in [-0.3, -0.25) is 0 Å². The molecule has 4 aromatic rings. The SMILES string of the molecule is [2H]c1cc(Oc2ccc(N)cc2)ccc1Cc1ccc(Oc2ccc(N)cc2)cc1[2H]. The summed E-state index contributed by atoms with van der Waals surface area (Å²) in [5.41, 5.74) is 14.3. The number of hydrogen-bond acceptors (Lipinski definition) is 4. The van der Waals surface area contributed by atoms with Crippen LogP contribution in [0.25, 0.3) is 0 Å². The number of benzene rings is 4. The van der Waals surface area contributed by atoms with Gasteiger partial charge < -0.3 is 20.9 Å². The van der Waals surface area contributed by atoms with Crippen LogP contribution >= 0.6 is 0 Å². The summed E-state index contributed by atoms with van der Waals surface area (Å²) >= 11 is 0. The molecule has 0 heterocycles. The Morgan fingerprint density at radius 1 is 0.517 bits per heavy atom. The second kappa shape index (κ2) is 8.40. The molecule has 0 aliphatic carbocycles. The van der Waals surface area contributed by atoms with Gasteiger partial charge in [0.2, 0.25) is 0 Å². The number of hydrogen-bond donors (Lipinski definition) is 2. The molecule has 29 heavy (non-hydrogen) atoms. The number of nitrogen functional groups attached to an aromatic ring is 2. The van der Waals surface area contributed by atoms with E-state index in [1.807, 2.05) is 24.3 Å². The summed E-state index contributed by atoms with van der Waals surface area (Å²) in [4.78, 5) is 0. The highest BCUT2D eigenvalue weighted by Crippen LogP contribution is 2.25. The summed E-state index contributed by atoms with van der Waals surface area (Å²) in [6, 6.07) is 25.6. The van der Waals surface area contributed by atoms with Crippen molar-refractivity contribution in [3.05, 3.63) is 108 Å². The molecule has 0 bridgehead atoms. The second-order valence-corrected chi connectivity index (χ2v) is 6.62. The van der Waals surface area contributed by atoms with E-state index < -0.39 is 0 Å². The van der Waals surface area contributed by atoms with Gasteiger partial charge in [0.05, 0.1) is 2.74 Å². The molecule has 0 amide bonds. The highest BCUT2D eigenvalue weighted by Gasteiger charge is 2.02. The molecule has 0 aromatic heterocycles. The summed E-state index contributed by atoms with van der Waals surface area (Å²) in [5, 5.41) is 0. The van der Waals surface area contributed by atoms with Crippen LogP contribution in [0.15, 0.2) is 97.0 Å². The minimum absolute atomic E-state index is 0.356. The molecular weight excluding hydrogens is 360 g/mol. The van der Waals surface area contributed by atoms with E-state index in [9.17, 15) is 0 Å². The van der Waals surface area contributed by atoms with E-state index in [1.165, 1.54) is 0 Å². The van der Waals surface area contributed by atoms with Crippen molar-refractivity contribution in [3.63, 3.8) is 0 Å². The Morgan fingerprint density at radius 2 is 0.862 bits per heavy atom. The zero-order valence-electron chi connectivity index (χ0n) is 17.8. The maximum absolute atomic E-state index is 8.34. The van der Waals surface area contributed by atoms with Crippen molar-refractivity contribution in [2.75, 3.05) is 11.5 Å². The van der Waals surface area contributed by atoms with Crippen LogP contribution in [0.2, 0.25) is 0 Å². The molecule has 0 radical (unpaired) electrons. The third-order valence-corrected chi connectivity index (χ3v) is 4.31. The number of nitrogens with two attached hydrogens (primary N) is 2. The summed E-state index contributed by atoms with van der Waals surface area (Å²) in [5.74, 6) is 2.48. The first-order valence-corrected chi connectivity index (χ1v) is 9.22. The van der Waals surface area contributed by atoms with Crippen LogP contribution in [0.5, 0.6) is 23.0 Å². The Labute approximate surface area is 173 Å². The third kappa shape index (κ3) is 5.08. The average molecular weight is 384 g/mol. The van der Waals surface area contributed by atoms with Crippen molar-refractivity contribution in [1.82, 2.24) is 0 Å². The summed E-state index contributed by atoms with van der Waals surface area (Å²) in [6.45, 7) is 0. The molecule has 4 aromatic carbocycles. The fourth-order valence-electron chi connectivity index (χ4n) is 2.78. The molecule has 0 aliphatic rings. The van der Waals surface area contributed by atoms with Gasteiger partial charge in [0.25, 0.3) is 0 Å². The highest BCUT2D eigenvalue weighted by atomic mass is 16.5. The van der Waals surface area contributed by atoms with Crippen LogP contribution in [-0.4, -0.2) is 0 Å². The van der Waals surface area contributed by atoms with Crippen molar-refractivity contribution in [2.45, 2.75) is 6.42 Å². The molecule has 0 saturated heterocycles. The predicted octanol–water partition coefficient (Wildman–Crippen LogP) is 6.03. The average Bonchev–Trinajstić information content (AvgIpc) is 2.75. The Balaban J connectivity index is 1.45. The van der Waals surface area contributed by atoms with E-state index in [1.54, 1.807) is 60.7 Å².